The van der Waals surface area contributed by atoms with Crippen LogP contribution in [0.3, 0.4) is 0 Å². The molecular formula is C44H55N5O7. The number of urea groups is 1. The summed E-state index contributed by atoms with van der Waals surface area (Å²) < 4.78 is 12.2. The molecule has 0 radical (unpaired) electrons. The topological polar surface area (TPSA) is 159 Å². The third kappa shape index (κ3) is 8.79. The molecule has 12 heteroatoms. The number of methoxy groups -OCH3 is 1. The van der Waals surface area contributed by atoms with E-state index in [0.717, 1.165) is 62.3 Å². The minimum atomic E-state index is -1.48. The van der Waals surface area contributed by atoms with Crippen LogP contribution in [0.15, 0.2) is 67.3 Å². The zero-order valence-electron chi connectivity index (χ0n) is 32.3. The Labute approximate surface area is 328 Å². The molecule has 298 valence electrons. The second-order valence-electron chi connectivity index (χ2n) is 16.2. The maximum absolute atomic E-state index is 14.4. The summed E-state index contributed by atoms with van der Waals surface area (Å²) in [5.74, 6) is -0.463. The number of carboxylic acid groups (broad SMARTS) is 1. The Morgan fingerprint density at radius 3 is 2.36 bits per heavy atom. The van der Waals surface area contributed by atoms with E-state index in [0.29, 0.717) is 47.5 Å². The van der Waals surface area contributed by atoms with E-state index < -0.39 is 47.6 Å². The molecule has 1 unspecified atom stereocenters. The predicted octanol–water partition coefficient (Wildman–Crippen LogP) is 6.62. The molecular weight excluding hydrogens is 711 g/mol. The average Bonchev–Trinajstić information content (AvgIpc) is 3.79. The molecule has 56 heavy (non-hydrogen) atoms. The van der Waals surface area contributed by atoms with Gasteiger partial charge in [0.05, 0.1) is 24.9 Å². The van der Waals surface area contributed by atoms with Crippen molar-refractivity contribution in [3.63, 3.8) is 0 Å². The molecule has 1 aliphatic heterocycles. The van der Waals surface area contributed by atoms with Gasteiger partial charge in [-0.3, -0.25) is 9.59 Å². The molecule has 3 aliphatic carbocycles. The van der Waals surface area contributed by atoms with E-state index in [2.05, 4.69) is 22.5 Å². The highest BCUT2D eigenvalue weighted by molar-refractivity contribution is 5.95. The Morgan fingerprint density at radius 1 is 0.982 bits per heavy atom. The average molecular weight is 766 g/mol. The summed E-state index contributed by atoms with van der Waals surface area (Å²) in [5, 5.41) is 19.8. The van der Waals surface area contributed by atoms with Crippen LogP contribution in [0, 0.1) is 17.8 Å². The van der Waals surface area contributed by atoms with Crippen LogP contribution in [-0.4, -0.2) is 82.7 Å². The van der Waals surface area contributed by atoms with Gasteiger partial charge in [-0.05, 0) is 49.7 Å². The fraction of sp³-hybridized carbons (Fsp3) is 0.523. The molecule has 1 saturated heterocycles. The maximum atomic E-state index is 14.4. The lowest BCUT2D eigenvalue weighted by Gasteiger charge is -2.30. The number of pyridine rings is 1. The number of likely N-dealkylation sites (tertiary alicyclic amines) is 1. The number of carbonyl (C=O) groups is 4. The molecule has 2 heterocycles. The third-order valence-corrected chi connectivity index (χ3v) is 12.4. The lowest BCUT2D eigenvalue weighted by Crippen LogP contribution is -2.57. The minimum Gasteiger partial charge on any atom is -0.497 e. The van der Waals surface area contributed by atoms with Crippen LogP contribution in [0.2, 0.25) is 0 Å². The number of hydrogen-bond donors (Lipinski definition) is 4. The van der Waals surface area contributed by atoms with Gasteiger partial charge in [-0.15, -0.1) is 6.58 Å². The first-order valence-corrected chi connectivity index (χ1v) is 20.4. The van der Waals surface area contributed by atoms with Gasteiger partial charge in [-0.2, -0.15) is 0 Å². The van der Waals surface area contributed by atoms with Gasteiger partial charge in [0, 0.05) is 42.0 Å². The van der Waals surface area contributed by atoms with Crippen LogP contribution in [0.5, 0.6) is 11.5 Å². The molecule has 0 bridgehead atoms. The van der Waals surface area contributed by atoms with Gasteiger partial charge < -0.3 is 35.4 Å². The fourth-order valence-electron chi connectivity index (χ4n) is 8.99. The number of ether oxygens (including phenoxy) is 2. The first kappa shape index (κ1) is 39.1. The summed E-state index contributed by atoms with van der Waals surface area (Å²) in [6, 6.07) is 14.7. The van der Waals surface area contributed by atoms with Crippen LogP contribution in [-0.2, 0) is 14.4 Å². The third-order valence-electron chi connectivity index (χ3n) is 12.4. The molecule has 0 spiro atoms. The molecule has 4 aliphatic rings. The van der Waals surface area contributed by atoms with Crippen LogP contribution < -0.4 is 25.4 Å². The number of carboxylic acids is 1. The van der Waals surface area contributed by atoms with Crippen LogP contribution >= 0.6 is 0 Å². The Morgan fingerprint density at radius 2 is 1.70 bits per heavy atom. The maximum Gasteiger partial charge on any atom is 0.330 e. The van der Waals surface area contributed by atoms with Crippen molar-refractivity contribution in [3.8, 4) is 22.8 Å². The van der Waals surface area contributed by atoms with Crippen molar-refractivity contribution < 1.29 is 33.8 Å². The first-order valence-electron chi connectivity index (χ1n) is 20.4. The SMILES string of the molecule is C=C[C@@H]1C[C@]1(NC(=O)[C@@H]1C[C@@H](Oc2cc(-c3ccccc3)nc3cc(OC)ccc23)CN1C(=O)NC(CC1CCCCC1)C(=O)NCC1CCCCC1)C(=O)O. The number of nitrogens with zero attached hydrogens (tertiary/aromatic N) is 2. The summed E-state index contributed by atoms with van der Waals surface area (Å²) in [6.45, 7) is 4.37. The minimum absolute atomic E-state index is 0.0371. The van der Waals surface area contributed by atoms with Gasteiger partial charge in [-0.1, -0.05) is 87.8 Å². The summed E-state index contributed by atoms with van der Waals surface area (Å²) in [4.78, 5) is 61.1. The molecule has 3 saturated carbocycles. The standard InChI is InChI=1S/C44H55N5O7/c1-3-31-25-44(31,42(52)53)48-41(51)38-23-33(56-39-24-35(30-17-11-6-12-18-30)46-36-22-32(55-2)19-20-34(36)39)27-49(38)43(54)47-37(21-28-13-7-4-8-14-28)40(50)45-26-29-15-9-5-10-16-29/h3,6,11-12,17-20,22,24,28-29,31,33,37-38H,1,4-5,7-10,13-16,21,23,25-27H2,2H3,(H,45,50)(H,47,54)(H,48,51)(H,52,53)/t31-,33-,37?,38+,44-/m1/s1. The Balaban J connectivity index is 1.15. The quantitative estimate of drug-likeness (QED) is 0.133. The highest BCUT2D eigenvalue weighted by atomic mass is 16.5. The van der Waals surface area contributed by atoms with Crippen LogP contribution in [0.1, 0.15) is 83.5 Å². The largest absolute Gasteiger partial charge is 0.497 e. The van der Waals surface area contributed by atoms with E-state index in [1.807, 2.05) is 54.6 Å². The van der Waals surface area contributed by atoms with Crippen molar-refractivity contribution in [3.05, 3.63) is 67.3 Å². The zero-order chi connectivity index (χ0) is 39.2. The smallest absolute Gasteiger partial charge is 0.330 e. The van der Waals surface area contributed by atoms with Crippen molar-refractivity contribution in [2.24, 2.45) is 17.8 Å². The van der Waals surface area contributed by atoms with Gasteiger partial charge >= 0.3 is 12.0 Å². The normalized spacial score (nSPS) is 24.5. The van der Waals surface area contributed by atoms with E-state index in [4.69, 9.17) is 14.5 Å². The lowest BCUT2D eigenvalue weighted by molar-refractivity contribution is -0.144. The second kappa shape index (κ2) is 17.3. The highest BCUT2D eigenvalue weighted by Gasteiger charge is 2.61. The van der Waals surface area contributed by atoms with Gasteiger partial charge in [0.15, 0.2) is 0 Å². The molecule has 3 aromatic rings. The Kier molecular flexibility index (Phi) is 12.1. The molecule has 4 fully saturated rings. The van der Waals surface area contributed by atoms with Gasteiger partial charge in [-0.25, -0.2) is 14.6 Å². The molecule has 4 N–H and O–H groups in total. The molecule has 5 atom stereocenters. The Hall–Kier alpha value is -5.13. The molecule has 1 aromatic heterocycles. The van der Waals surface area contributed by atoms with E-state index in [-0.39, 0.29) is 25.3 Å². The lowest BCUT2D eigenvalue weighted by atomic mass is 9.84. The zero-order valence-corrected chi connectivity index (χ0v) is 32.3. The van der Waals surface area contributed by atoms with Gasteiger partial charge in [0.2, 0.25) is 11.8 Å². The number of aromatic nitrogens is 1. The van der Waals surface area contributed by atoms with E-state index in [1.54, 1.807) is 7.11 Å². The number of carbonyl (C=O) groups excluding carboxylic acids is 3. The summed E-state index contributed by atoms with van der Waals surface area (Å²) in [7, 11) is 1.59. The summed E-state index contributed by atoms with van der Waals surface area (Å²) >= 11 is 0. The predicted molar refractivity (Wildman–Crippen MR) is 213 cm³/mol. The van der Waals surface area contributed by atoms with Crippen molar-refractivity contribution in [2.45, 2.75) is 107 Å². The van der Waals surface area contributed by atoms with Crippen molar-refractivity contribution in [1.82, 2.24) is 25.8 Å². The van der Waals surface area contributed by atoms with E-state index >= 15 is 0 Å². The molecule has 2 aromatic carbocycles. The number of aliphatic carboxylic acids is 1. The molecule has 12 nitrogen and oxygen atoms in total. The second-order valence-corrected chi connectivity index (χ2v) is 16.2. The number of nitrogens with one attached hydrogen (secondary N) is 3. The molecule has 4 amide bonds. The number of benzene rings is 2. The highest BCUT2D eigenvalue weighted by Crippen LogP contribution is 2.45. The monoisotopic (exact) mass is 765 g/mol. The van der Waals surface area contributed by atoms with Gasteiger partial charge in [0.1, 0.15) is 35.2 Å². The Bertz CT molecular complexity index is 1910. The van der Waals surface area contributed by atoms with E-state index in [9.17, 15) is 24.3 Å². The number of amides is 4. The number of fused-ring (bicyclic) bond motifs is 1. The fourth-order valence-corrected chi connectivity index (χ4v) is 8.99. The molecule has 7 rings (SSSR count). The van der Waals surface area contributed by atoms with Crippen molar-refractivity contribution >= 4 is 34.7 Å². The van der Waals surface area contributed by atoms with Crippen molar-refractivity contribution in [2.75, 3.05) is 20.2 Å². The number of rotatable bonds is 14. The number of hydrogen-bond acceptors (Lipinski definition) is 7. The van der Waals surface area contributed by atoms with Gasteiger partial charge in [0.25, 0.3) is 0 Å². The first-order chi connectivity index (χ1) is 27.2. The van der Waals surface area contributed by atoms with E-state index in [1.165, 1.54) is 23.8 Å². The van der Waals surface area contributed by atoms with Crippen LogP contribution in [0.4, 0.5) is 4.79 Å². The summed E-state index contributed by atoms with van der Waals surface area (Å²) in [6.07, 6.45) is 12.8. The van der Waals surface area contributed by atoms with Crippen molar-refractivity contribution in [1.29, 1.82) is 0 Å². The summed E-state index contributed by atoms with van der Waals surface area (Å²) in [5.41, 5.74) is 0.742. The van der Waals surface area contributed by atoms with Crippen LogP contribution in [0.25, 0.3) is 22.2 Å².